The second kappa shape index (κ2) is 8.03. The minimum Gasteiger partial charge on any atom is -0.497 e. The van der Waals surface area contributed by atoms with E-state index in [1.165, 1.54) is 45.1 Å². The number of aromatic hydroxyl groups is 1. The number of benzene rings is 2. The third-order valence-electron chi connectivity index (χ3n) is 7.66. The lowest BCUT2D eigenvalue weighted by Gasteiger charge is -2.58. The number of ether oxygens (including phenoxy) is 1. The van der Waals surface area contributed by atoms with Gasteiger partial charge >= 0.3 is 6.08 Å². The average Bonchev–Trinajstić information content (AvgIpc) is 3.15. The van der Waals surface area contributed by atoms with Crippen molar-refractivity contribution in [3.05, 3.63) is 52.5 Å². The molecule has 3 aliphatic rings. The summed E-state index contributed by atoms with van der Waals surface area (Å²) in [6.07, 6.45) is 7.89. The van der Waals surface area contributed by atoms with Gasteiger partial charge in [-0.15, -0.1) is 0 Å². The van der Waals surface area contributed by atoms with Crippen LogP contribution in [-0.2, 0) is 11.8 Å². The van der Waals surface area contributed by atoms with Crippen LogP contribution in [0.15, 0.2) is 40.8 Å². The van der Waals surface area contributed by atoms with E-state index in [1.807, 2.05) is 0 Å². The van der Waals surface area contributed by atoms with Gasteiger partial charge in [0.05, 0.1) is 7.11 Å². The van der Waals surface area contributed by atoms with Gasteiger partial charge in [-0.05, 0) is 86.7 Å². The van der Waals surface area contributed by atoms with Gasteiger partial charge in [0.15, 0.2) is 5.58 Å². The molecule has 0 radical (unpaired) electrons. The first kappa shape index (κ1) is 20.7. The highest BCUT2D eigenvalue weighted by atomic mass is 35.5. The van der Waals surface area contributed by atoms with Crippen LogP contribution in [0.3, 0.4) is 0 Å². The van der Waals surface area contributed by atoms with Crippen molar-refractivity contribution in [1.29, 1.82) is 0 Å². The molecule has 6 heteroatoms. The fraction of sp³-hybridized carbons (Fsp3) is 0.480. The molecule has 1 saturated heterocycles. The molecule has 0 spiro atoms. The van der Waals surface area contributed by atoms with E-state index in [4.69, 9.17) is 25.9 Å². The number of likely N-dealkylation sites (tertiary alicyclic amines) is 1. The zero-order valence-corrected chi connectivity index (χ0v) is 18.9. The third-order valence-corrected chi connectivity index (χ3v) is 7.89. The van der Waals surface area contributed by atoms with E-state index in [0.717, 1.165) is 17.7 Å². The molecule has 31 heavy (non-hydrogen) atoms. The number of fused-ring (bicyclic) bond motifs is 2. The molecule has 3 atom stereocenters. The molecular weight excluding hydrogens is 412 g/mol. The average molecular weight is 441 g/mol. The van der Waals surface area contributed by atoms with Crippen molar-refractivity contribution in [2.24, 2.45) is 5.92 Å². The lowest BCUT2D eigenvalue weighted by molar-refractivity contribution is 0.00274. The van der Waals surface area contributed by atoms with Crippen molar-refractivity contribution in [3.63, 3.8) is 0 Å². The first-order chi connectivity index (χ1) is 15.0. The van der Waals surface area contributed by atoms with Crippen molar-refractivity contribution in [2.75, 3.05) is 20.7 Å². The standard InChI is InChI=1S/C18H25NO.C7H4ClNO2/c1-19-10-9-18-8-4-3-5-15(18)17(19)11-13-6-7-14(20-2)12-16(13)18;8-4-1-2-6-5(3-4)9-7(10)11-6/h6-7,12,15,17H,3-5,8-11H2,1-2H3;1-3H,(H,9,10)/t15-,17+,18+;/m1./s1. The van der Waals surface area contributed by atoms with Gasteiger partial charge in [-0.3, -0.25) is 0 Å². The second-order valence-electron chi connectivity index (χ2n) is 9.14. The molecule has 6 rings (SSSR count). The minimum atomic E-state index is -0.331. The smallest absolute Gasteiger partial charge is 0.392 e. The number of hydrogen-bond acceptors (Lipinski definition) is 5. The normalized spacial score (nSPS) is 27.1. The molecule has 1 saturated carbocycles. The summed E-state index contributed by atoms with van der Waals surface area (Å²) in [4.78, 5) is 6.30. The maximum absolute atomic E-state index is 8.83. The van der Waals surface area contributed by atoms with Gasteiger partial charge < -0.3 is 19.2 Å². The van der Waals surface area contributed by atoms with Gasteiger partial charge in [0.1, 0.15) is 11.3 Å². The Balaban J connectivity index is 0.000000157. The summed E-state index contributed by atoms with van der Waals surface area (Å²) in [6, 6.07) is 12.6. The van der Waals surface area contributed by atoms with Crippen LogP contribution in [-0.4, -0.2) is 41.7 Å². The Labute approximate surface area is 188 Å². The highest BCUT2D eigenvalue weighted by molar-refractivity contribution is 6.31. The van der Waals surface area contributed by atoms with Crippen molar-refractivity contribution < 1.29 is 14.3 Å². The van der Waals surface area contributed by atoms with Crippen LogP contribution in [0.2, 0.25) is 5.02 Å². The highest BCUT2D eigenvalue weighted by Crippen LogP contribution is 2.55. The Morgan fingerprint density at radius 3 is 2.90 bits per heavy atom. The van der Waals surface area contributed by atoms with Gasteiger partial charge in [-0.2, -0.15) is 4.98 Å². The molecule has 1 aliphatic heterocycles. The van der Waals surface area contributed by atoms with Crippen LogP contribution in [0, 0.1) is 5.92 Å². The van der Waals surface area contributed by atoms with Crippen LogP contribution >= 0.6 is 11.6 Å². The van der Waals surface area contributed by atoms with E-state index in [2.05, 4.69) is 35.1 Å². The number of likely N-dealkylation sites (N-methyl/N-ethyl adjacent to an activating group) is 1. The number of aromatic nitrogens is 1. The van der Waals surface area contributed by atoms with Crippen LogP contribution in [0.1, 0.15) is 43.2 Å². The largest absolute Gasteiger partial charge is 0.497 e. The molecule has 1 N–H and O–H groups in total. The Morgan fingerprint density at radius 2 is 2.06 bits per heavy atom. The lowest BCUT2D eigenvalue weighted by atomic mass is 9.52. The van der Waals surface area contributed by atoms with Gasteiger partial charge in [0.25, 0.3) is 0 Å². The first-order valence-corrected chi connectivity index (χ1v) is 11.5. The van der Waals surface area contributed by atoms with Gasteiger partial charge in [-0.25, -0.2) is 0 Å². The van der Waals surface area contributed by atoms with Crippen LogP contribution < -0.4 is 4.74 Å². The molecule has 2 fully saturated rings. The van der Waals surface area contributed by atoms with Crippen LogP contribution in [0.5, 0.6) is 11.8 Å². The number of halogens is 1. The third kappa shape index (κ3) is 3.58. The summed E-state index contributed by atoms with van der Waals surface area (Å²) >= 11 is 5.66. The molecule has 5 nitrogen and oxygen atoms in total. The molecule has 2 bridgehead atoms. The van der Waals surface area contributed by atoms with Gasteiger partial charge in [-0.1, -0.05) is 30.5 Å². The van der Waals surface area contributed by atoms with E-state index in [9.17, 15) is 0 Å². The zero-order chi connectivity index (χ0) is 21.6. The predicted molar refractivity (Wildman–Crippen MR) is 122 cm³/mol. The van der Waals surface area contributed by atoms with E-state index < -0.39 is 0 Å². The Bertz CT molecular complexity index is 1100. The molecular formula is C25H29ClN2O3. The quantitative estimate of drug-likeness (QED) is 0.536. The number of hydrogen-bond donors (Lipinski definition) is 1. The van der Waals surface area contributed by atoms with E-state index >= 15 is 0 Å². The zero-order valence-electron chi connectivity index (χ0n) is 18.1. The first-order valence-electron chi connectivity index (χ1n) is 11.1. The van der Waals surface area contributed by atoms with Crippen LogP contribution in [0.4, 0.5) is 0 Å². The van der Waals surface area contributed by atoms with Crippen molar-refractivity contribution >= 4 is 22.7 Å². The van der Waals surface area contributed by atoms with Crippen molar-refractivity contribution in [3.8, 4) is 11.8 Å². The maximum Gasteiger partial charge on any atom is 0.392 e. The van der Waals surface area contributed by atoms with E-state index in [1.54, 1.807) is 36.4 Å². The Kier molecular flexibility index (Phi) is 5.35. The molecule has 1 aromatic heterocycles. The molecule has 2 heterocycles. The molecule has 0 amide bonds. The lowest BCUT2D eigenvalue weighted by Crippen LogP contribution is -2.59. The van der Waals surface area contributed by atoms with E-state index in [0.29, 0.717) is 21.5 Å². The maximum atomic E-state index is 8.83. The number of nitrogens with zero attached hydrogens (tertiary/aromatic N) is 2. The molecule has 164 valence electrons. The summed E-state index contributed by atoms with van der Waals surface area (Å²) in [5.41, 5.74) is 4.77. The Morgan fingerprint density at radius 1 is 1.19 bits per heavy atom. The number of piperidine rings is 1. The predicted octanol–water partition coefficient (Wildman–Crippen LogP) is 5.57. The SMILES string of the molecule is COc1ccc2c(c1)[C@]13CCCC[C@@H]1[C@H](C2)N(C)CC3.Oc1nc2cc(Cl)ccc2o1. The summed E-state index contributed by atoms with van der Waals surface area (Å²) < 4.78 is 10.3. The van der Waals surface area contributed by atoms with Crippen LogP contribution in [0.25, 0.3) is 11.1 Å². The van der Waals surface area contributed by atoms with Gasteiger partial charge in [0, 0.05) is 16.5 Å². The van der Waals surface area contributed by atoms with E-state index in [-0.39, 0.29) is 6.08 Å². The van der Waals surface area contributed by atoms with Crippen molar-refractivity contribution in [1.82, 2.24) is 9.88 Å². The monoisotopic (exact) mass is 440 g/mol. The van der Waals surface area contributed by atoms with Crippen molar-refractivity contribution in [2.45, 2.75) is 50.0 Å². The molecule has 0 unspecified atom stereocenters. The summed E-state index contributed by atoms with van der Waals surface area (Å²) in [5, 5.41) is 9.40. The molecule has 3 aromatic rings. The number of rotatable bonds is 1. The summed E-state index contributed by atoms with van der Waals surface area (Å²) in [7, 11) is 4.12. The summed E-state index contributed by atoms with van der Waals surface area (Å²) in [6.45, 7) is 1.26. The number of oxazole rings is 1. The highest BCUT2D eigenvalue weighted by Gasteiger charge is 2.53. The fourth-order valence-electron chi connectivity index (χ4n) is 6.19. The second-order valence-corrected chi connectivity index (χ2v) is 9.58. The Hall–Kier alpha value is -2.24. The molecule has 2 aliphatic carbocycles. The number of methoxy groups -OCH3 is 1. The minimum absolute atomic E-state index is 0.331. The topological polar surface area (TPSA) is 58.7 Å². The summed E-state index contributed by atoms with van der Waals surface area (Å²) in [5.74, 6) is 1.91. The van der Waals surface area contributed by atoms with Gasteiger partial charge in [0.2, 0.25) is 0 Å². The fourth-order valence-corrected chi connectivity index (χ4v) is 6.36. The molecule has 2 aromatic carbocycles.